The molecule has 0 aromatic heterocycles. The fourth-order valence-electron chi connectivity index (χ4n) is 2.62. The molecule has 1 saturated heterocycles. The van der Waals surface area contributed by atoms with Crippen molar-refractivity contribution in [2.24, 2.45) is 11.7 Å². The molecule has 0 bridgehead atoms. The Morgan fingerprint density at radius 3 is 3.00 bits per heavy atom. The number of hydrogen-bond donors (Lipinski definition) is 2. The fourth-order valence-corrected chi connectivity index (χ4v) is 2.62. The summed E-state index contributed by atoms with van der Waals surface area (Å²) in [6, 6.07) is 7.26. The molecule has 0 saturated carbocycles. The molecule has 22 heavy (non-hydrogen) atoms. The number of nitrogens with one attached hydrogen (secondary N) is 1. The number of urea groups is 1. The number of aryl methyl sites for hydroxylation is 1. The van der Waals surface area contributed by atoms with E-state index in [1.165, 1.54) is 0 Å². The number of hydrogen-bond acceptors (Lipinski definition) is 3. The van der Waals surface area contributed by atoms with E-state index in [-0.39, 0.29) is 12.5 Å². The molecule has 1 fully saturated rings. The number of carbonyl (C=O) groups excluding carboxylic acids is 2. The Morgan fingerprint density at radius 2 is 2.27 bits per heavy atom. The second kappa shape index (κ2) is 7.68. The molecule has 1 aromatic carbocycles. The number of nitrogens with zero attached hydrogens (tertiary/aromatic N) is 1. The Labute approximate surface area is 130 Å². The van der Waals surface area contributed by atoms with E-state index in [1.54, 1.807) is 4.90 Å². The minimum Gasteiger partial charge on any atom is -0.493 e. The van der Waals surface area contributed by atoms with Crippen LogP contribution in [0, 0.1) is 12.8 Å². The first-order valence-electron chi connectivity index (χ1n) is 7.55. The van der Waals surface area contributed by atoms with Crippen molar-refractivity contribution < 1.29 is 14.3 Å². The zero-order chi connectivity index (χ0) is 15.9. The molecule has 3 amide bonds. The highest BCUT2D eigenvalue weighted by Crippen LogP contribution is 2.19. The molecule has 6 nitrogen and oxygen atoms in total. The highest BCUT2D eigenvalue weighted by molar-refractivity contribution is 5.83. The van der Waals surface area contributed by atoms with Gasteiger partial charge in [0.1, 0.15) is 5.75 Å². The largest absolute Gasteiger partial charge is 0.493 e. The van der Waals surface area contributed by atoms with Crippen LogP contribution in [0.3, 0.4) is 0 Å². The van der Waals surface area contributed by atoms with Crippen LogP contribution in [-0.2, 0) is 4.79 Å². The van der Waals surface area contributed by atoms with Gasteiger partial charge in [-0.25, -0.2) is 4.79 Å². The quantitative estimate of drug-likeness (QED) is 0.859. The number of carbonyl (C=O) groups is 2. The minimum absolute atomic E-state index is 0.0409. The zero-order valence-electron chi connectivity index (χ0n) is 12.9. The molecule has 1 heterocycles. The van der Waals surface area contributed by atoms with E-state index < -0.39 is 6.03 Å². The first-order valence-corrected chi connectivity index (χ1v) is 7.55. The van der Waals surface area contributed by atoms with Gasteiger partial charge in [0.05, 0.1) is 13.2 Å². The number of amides is 3. The Hall–Kier alpha value is -2.24. The van der Waals surface area contributed by atoms with Crippen LogP contribution in [0.25, 0.3) is 0 Å². The summed E-state index contributed by atoms with van der Waals surface area (Å²) in [5.41, 5.74) is 6.14. The van der Waals surface area contributed by atoms with Gasteiger partial charge in [0.2, 0.25) is 5.91 Å². The standard InChI is InChI=1S/C16H23N3O3/c1-12-4-2-6-14(8-12)22-11-13-5-3-7-19(10-13)15(20)9-18-16(17)21/h2,4,6,8,13H,3,5,7,9-11H2,1H3,(H3,17,18,21). The Bertz CT molecular complexity index is 533. The maximum absolute atomic E-state index is 12.0. The number of rotatable bonds is 5. The predicted octanol–water partition coefficient (Wildman–Crippen LogP) is 1.28. The van der Waals surface area contributed by atoms with Crippen LogP contribution in [-0.4, -0.2) is 43.1 Å². The van der Waals surface area contributed by atoms with Crippen molar-refractivity contribution in [1.82, 2.24) is 10.2 Å². The average molecular weight is 305 g/mol. The summed E-state index contributed by atoms with van der Waals surface area (Å²) in [4.78, 5) is 24.4. The molecule has 1 unspecified atom stereocenters. The van der Waals surface area contributed by atoms with Crippen molar-refractivity contribution in [3.8, 4) is 5.75 Å². The Balaban J connectivity index is 1.80. The highest BCUT2D eigenvalue weighted by atomic mass is 16.5. The van der Waals surface area contributed by atoms with Crippen LogP contribution < -0.4 is 15.8 Å². The minimum atomic E-state index is -0.676. The van der Waals surface area contributed by atoms with E-state index in [4.69, 9.17) is 10.5 Å². The van der Waals surface area contributed by atoms with E-state index in [1.807, 2.05) is 31.2 Å². The maximum Gasteiger partial charge on any atom is 0.312 e. The summed E-state index contributed by atoms with van der Waals surface area (Å²) in [6.07, 6.45) is 1.99. The summed E-state index contributed by atoms with van der Waals surface area (Å²) in [6.45, 7) is 3.96. The molecular weight excluding hydrogens is 282 g/mol. The summed E-state index contributed by atoms with van der Waals surface area (Å²) in [5, 5.41) is 2.34. The molecule has 0 radical (unpaired) electrons. The first kappa shape index (κ1) is 16.1. The maximum atomic E-state index is 12.0. The van der Waals surface area contributed by atoms with Gasteiger partial charge < -0.3 is 20.7 Å². The summed E-state index contributed by atoms with van der Waals surface area (Å²) >= 11 is 0. The predicted molar refractivity (Wildman–Crippen MR) is 83.6 cm³/mol. The second-order valence-electron chi connectivity index (χ2n) is 5.69. The lowest BCUT2D eigenvalue weighted by Gasteiger charge is -2.32. The van der Waals surface area contributed by atoms with Crippen molar-refractivity contribution in [2.75, 3.05) is 26.2 Å². The van der Waals surface area contributed by atoms with Crippen molar-refractivity contribution >= 4 is 11.9 Å². The molecule has 6 heteroatoms. The molecular formula is C16H23N3O3. The molecule has 1 aromatic rings. The third-order valence-corrected chi connectivity index (χ3v) is 3.76. The Kier molecular flexibility index (Phi) is 5.63. The van der Waals surface area contributed by atoms with E-state index in [9.17, 15) is 9.59 Å². The average Bonchev–Trinajstić information content (AvgIpc) is 2.51. The summed E-state index contributed by atoms with van der Waals surface area (Å²) in [7, 11) is 0. The summed E-state index contributed by atoms with van der Waals surface area (Å²) in [5.74, 6) is 1.07. The molecule has 1 aliphatic heterocycles. The van der Waals surface area contributed by atoms with Gasteiger partial charge in [0.25, 0.3) is 0 Å². The number of likely N-dealkylation sites (tertiary alicyclic amines) is 1. The van der Waals surface area contributed by atoms with Crippen molar-refractivity contribution in [3.05, 3.63) is 29.8 Å². The highest BCUT2D eigenvalue weighted by Gasteiger charge is 2.24. The van der Waals surface area contributed by atoms with E-state index >= 15 is 0 Å². The molecule has 120 valence electrons. The van der Waals surface area contributed by atoms with E-state index in [2.05, 4.69) is 5.32 Å². The topological polar surface area (TPSA) is 84.7 Å². The third-order valence-electron chi connectivity index (χ3n) is 3.76. The van der Waals surface area contributed by atoms with Crippen LogP contribution in [0.2, 0.25) is 0 Å². The lowest BCUT2D eigenvalue weighted by atomic mass is 9.99. The number of ether oxygens (including phenoxy) is 1. The molecule has 1 atom stereocenters. The van der Waals surface area contributed by atoms with Crippen LogP contribution in [0.5, 0.6) is 5.75 Å². The normalized spacial score (nSPS) is 17.9. The van der Waals surface area contributed by atoms with Gasteiger partial charge in [-0.2, -0.15) is 0 Å². The van der Waals surface area contributed by atoms with Crippen LogP contribution in [0.4, 0.5) is 4.79 Å². The van der Waals surface area contributed by atoms with Crippen molar-refractivity contribution in [2.45, 2.75) is 19.8 Å². The summed E-state index contributed by atoms with van der Waals surface area (Å²) < 4.78 is 5.82. The number of piperidine rings is 1. The van der Waals surface area contributed by atoms with Gasteiger partial charge in [-0.3, -0.25) is 4.79 Å². The molecule has 1 aliphatic rings. The molecule has 0 spiro atoms. The molecule has 3 N–H and O–H groups in total. The van der Waals surface area contributed by atoms with E-state index in [0.717, 1.165) is 30.7 Å². The van der Waals surface area contributed by atoms with Gasteiger partial charge in [0.15, 0.2) is 0 Å². The second-order valence-corrected chi connectivity index (χ2v) is 5.69. The van der Waals surface area contributed by atoms with Crippen molar-refractivity contribution in [3.63, 3.8) is 0 Å². The van der Waals surface area contributed by atoms with Gasteiger partial charge in [-0.1, -0.05) is 12.1 Å². The van der Waals surface area contributed by atoms with Gasteiger partial charge in [-0.15, -0.1) is 0 Å². The zero-order valence-corrected chi connectivity index (χ0v) is 12.9. The Morgan fingerprint density at radius 1 is 1.45 bits per heavy atom. The van der Waals surface area contributed by atoms with Gasteiger partial charge >= 0.3 is 6.03 Å². The van der Waals surface area contributed by atoms with Gasteiger partial charge in [0, 0.05) is 19.0 Å². The smallest absolute Gasteiger partial charge is 0.312 e. The van der Waals surface area contributed by atoms with E-state index in [0.29, 0.717) is 19.1 Å². The molecule has 0 aliphatic carbocycles. The van der Waals surface area contributed by atoms with Crippen LogP contribution in [0.15, 0.2) is 24.3 Å². The SMILES string of the molecule is Cc1cccc(OCC2CCCN(C(=O)CNC(N)=O)C2)c1. The number of nitrogens with two attached hydrogens (primary N) is 1. The fraction of sp³-hybridized carbons (Fsp3) is 0.500. The van der Waals surface area contributed by atoms with Crippen LogP contribution >= 0.6 is 0 Å². The van der Waals surface area contributed by atoms with Crippen LogP contribution in [0.1, 0.15) is 18.4 Å². The van der Waals surface area contributed by atoms with Crippen molar-refractivity contribution in [1.29, 1.82) is 0 Å². The first-order chi connectivity index (χ1) is 10.5. The molecule has 2 rings (SSSR count). The number of benzene rings is 1. The monoisotopic (exact) mass is 305 g/mol. The third kappa shape index (κ3) is 4.95. The lowest BCUT2D eigenvalue weighted by Crippen LogP contribution is -2.46. The number of primary amides is 1. The lowest BCUT2D eigenvalue weighted by molar-refractivity contribution is -0.132. The van der Waals surface area contributed by atoms with Gasteiger partial charge in [-0.05, 0) is 37.5 Å².